The minimum Gasteiger partial charge on any atom is -0.380 e. The van der Waals surface area contributed by atoms with Crippen molar-refractivity contribution in [3.05, 3.63) is 0 Å². The summed E-state index contributed by atoms with van der Waals surface area (Å²) in [5.41, 5.74) is 5.49. The van der Waals surface area contributed by atoms with E-state index in [1.54, 1.807) is 7.11 Å². The number of hydrogen-bond donors (Lipinski definition) is 1. The zero-order valence-electron chi connectivity index (χ0n) is 10.1. The van der Waals surface area contributed by atoms with E-state index in [1.807, 2.05) is 4.90 Å². The minimum atomic E-state index is -0.171. The molecule has 1 fully saturated rings. The number of ether oxygens (including phenoxy) is 2. The lowest BCUT2D eigenvalue weighted by Crippen LogP contribution is -2.46. The number of amides is 1. The third-order valence-electron chi connectivity index (χ3n) is 2.95. The van der Waals surface area contributed by atoms with E-state index >= 15 is 0 Å². The van der Waals surface area contributed by atoms with Crippen molar-refractivity contribution in [1.29, 1.82) is 0 Å². The lowest BCUT2D eigenvalue weighted by Gasteiger charge is -2.33. The van der Waals surface area contributed by atoms with Gasteiger partial charge in [0, 0.05) is 26.7 Å². The van der Waals surface area contributed by atoms with E-state index in [4.69, 9.17) is 15.2 Å². The molecule has 0 aromatic rings. The summed E-state index contributed by atoms with van der Waals surface area (Å²) < 4.78 is 10.6. The van der Waals surface area contributed by atoms with E-state index in [1.165, 1.54) is 0 Å². The SMILES string of the molecule is CCC1CN(C(=O)CC(CN)OC)CCO1. The summed E-state index contributed by atoms with van der Waals surface area (Å²) in [4.78, 5) is 13.8. The first kappa shape index (κ1) is 13.4. The van der Waals surface area contributed by atoms with E-state index in [2.05, 4.69) is 6.92 Å². The molecule has 1 amide bonds. The van der Waals surface area contributed by atoms with Gasteiger partial charge in [0.2, 0.25) is 5.91 Å². The number of carbonyl (C=O) groups excluding carboxylic acids is 1. The van der Waals surface area contributed by atoms with Gasteiger partial charge in [0.05, 0.1) is 25.2 Å². The predicted molar refractivity (Wildman–Crippen MR) is 61.1 cm³/mol. The van der Waals surface area contributed by atoms with Crippen molar-refractivity contribution in [1.82, 2.24) is 4.90 Å². The van der Waals surface area contributed by atoms with Crippen molar-refractivity contribution < 1.29 is 14.3 Å². The summed E-state index contributed by atoms with van der Waals surface area (Å²) in [6.45, 7) is 4.44. The summed E-state index contributed by atoms with van der Waals surface area (Å²) in [7, 11) is 1.58. The van der Waals surface area contributed by atoms with Crippen molar-refractivity contribution in [3.63, 3.8) is 0 Å². The van der Waals surface area contributed by atoms with Crippen LogP contribution in [0.3, 0.4) is 0 Å². The smallest absolute Gasteiger partial charge is 0.225 e. The molecule has 2 atom stereocenters. The molecular formula is C11H22N2O3. The van der Waals surface area contributed by atoms with Gasteiger partial charge in [0.15, 0.2) is 0 Å². The highest BCUT2D eigenvalue weighted by atomic mass is 16.5. The molecule has 0 aliphatic carbocycles. The second-order valence-electron chi connectivity index (χ2n) is 4.04. The van der Waals surface area contributed by atoms with Gasteiger partial charge in [-0.2, -0.15) is 0 Å². The van der Waals surface area contributed by atoms with Crippen LogP contribution in [0.25, 0.3) is 0 Å². The summed E-state index contributed by atoms with van der Waals surface area (Å²) in [6.07, 6.45) is 1.31. The Morgan fingerprint density at radius 3 is 3.00 bits per heavy atom. The molecule has 2 N–H and O–H groups in total. The zero-order valence-corrected chi connectivity index (χ0v) is 10.1. The first-order chi connectivity index (χ1) is 7.71. The van der Waals surface area contributed by atoms with Gasteiger partial charge >= 0.3 is 0 Å². The number of methoxy groups -OCH3 is 1. The monoisotopic (exact) mass is 230 g/mol. The Bertz CT molecular complexity index is 219. The topological polar surface area (TPSA) is 64.8 Å². The third kappa shape index (κ3) is 3.73. The summed E-state index contributed by atoms with van der Waals surface area (Å²) >= 11 is 0. The Morgan fingerprint density at radius 1 is 1.69 bits per heavy atom. The highest BCUT2D eigenvalue weighted by Gasteiger charge is 2.24. The Labute approximate surface area is 96.9 Å². The molecule has 94 valence electrons. The standard InChI is InChI=1S/C11H22N2O3/c1-3-9-8-13(4-5-16-9)11(14)6-10(7-12)15-2/h9-10H,3-8,12H2,1-2H3. The number of nitrogens with zero attached hydrogens (tertiary/aromatic N) is 1. The number of nitrogens with two attached hydrogens (primary N) is 1. The Balaban J connectivity index is 2.40. The maximum Gasteiger partial charge on any atom is 0.225 e. The second-order valence-corrected chi connectivity index (χ2v) is 4.04. The Kier molecular flexibility index (Phi) is 5.73. The summed E-state index contributed by atoms with van der Waals surface area (Å²) in [6, 6.07) is 0. The highest BCUT2D eigenvalue weighted by molar-refractivity contribution is 5.76. The van der Waals surface area contributed by atoms with Crippen molar-refractivity contribution in [2.45, 2.75) is 32.0 Å². The fourth-order valence-electron chi connectivity index (χ4n) is 1.78. The average Bonchev–Trinajstić information content (AvgIpc) is 2.35. The highest BCUT2D eigenvalue weighted by Crippen LogP contribution is 2.10. The van der Waals surface area contributed by atoms with Crippen molar-refractivity contribution >= 4 is 5.91 Å². The molecule has 1 heterocycles. The molecule has 16 heavy (non-hydrogen) atoms. The van der Waals surface area contributed by atoms with E-state index < -0.39 is 0 Å². The Hall–Kier alpha value is -0.650. The van der Waals surface area contributed by atoms with Gasteiger partial charge in [-0.25, -0.2) is 0 Å². The van der Waals surface area contributed by atoms with Gasteiger partial charge in [-0.15, -0.1) is 0 Å². The zero-order chi connectivity index (χ0) is 12.0. The number of rotatable bonds is 5. The van der Waals surface area contributed by atoms with Crippen LogP contribution >= 0.6 is 0 Å². The molecule has 1 rings (SSSR count). The van der Waals surface area contributed by atoms with Gasteiger partial charge in [0.25, 0.3) is 0 Å². The molecule has 0 aromatic carbocycles. The first-order valence-corrected chi connectivity index (χ1v) is 5.83. The molecule has 0 spiro atoms. The van der Waals surface area contributed by atoms with Crippen LogP contribution in [-0.4, -0.2) is 56.4 Å². The van der Waals surface area contributed by atoms with E-state index in [0.29, 0.717) is 32.7 Å². The van der Waals surface area contributed by atoms with Crippen LogP contribution in [0.5, 0.6) is 0 Å². The first-order valence-electron chi connectivity index (χ1n) is 5.83. The van der Waals surface area contributed by atoms with Gasteiger partial charge in [0.1, 0.15) is 0 Å². The molecule has 5 nitrogen and oxygen atoms in total. The molecular weight excluding hydrogens is 208 g/mol. The van der Waals surface area contributed by atoms with Gasteiger partial charge < -0.3 is 20.1 Å². The normalized spacial score (nSPS) is 23.2. The minimum absolute atomic E-state index is 0.110. The van der Waals surface area contributed by atoms with Gasteiger partial charge in [-0.3, -0.25) is 4.79 Å². The largest absolute Gasteiger partial charge is 0.380 e. The fourth-order valence-corrected chi connectivity index (χ4v) is 1.78. The lowest BCUT2D eigenvalue weighted by molar-refractivity contribution is -0.141. The number of morpholine rings is 1. The van der Waals surface area contributed by atoms with Crippen LogP contribution in [-0.2, 0) is 14.3 Å². The van der Waals surface area contributed by atoms with Crippen LogP contribution < -0.4 is 5.73 Å². The predicted octanol–water partition coefficient (Wildman–Crippen LogP) is -0.0124. The van der Waals surface area contributed by atoms with Crippen LogP contribution in [0, 0.1) is 0 Å². The van der Waals surface area contributed by atoms with Crippen LogP contribution in [0.15, 0.2) is 0 Å². The second kappa shape index (κ2) is 6.83. The van der Waals surface area contributed by atoms with Crippen molar-refractivity contribution in [2.24, 2.45) is 5.73 Å². The van der Waals surface area contributed by atoms with Crippen molar-refractivity contribution in [2.75, 3.05) is 33.4 Å². The number of hydrogen-bond acceptors (Lipinski definition) is 4. The molecule has 0 radical (unpaired) electrons. The summed E-state index contributed by atoms with van der Waals surface area (Å²) in [5.74, 6) is 0.110. The molecule has 5 heteroatoms. The Morgan fingerprint density at radius 2 is 2.44 bits per heavy atom. The van der Waals surface area contributed by atoms with E-state index in [9.17, 15) is 4.79 Å². The molecule has 0 bridgehead atoms. The maximum atomic E-state index is 11.9. The average molecular weight is 230 g/mol. The molecule has 0 saturated carbocycles. The maximum absolute atomic E-state index is 11.9. The molecule has 2 unspecified atom stereocenters. The summed E-state index contributed by atoms with van der Waals surface area (Å²) in [5, 5.41) is 0. The number of carbonyl (C=O) groups is 1. The molecule has 0 aromatic heterocycles. The van der Waals surface area contributed by atoms with Crippen LogP contribution in [0.2, 0.25) is 0 Å². The van der Waals surface area contributed by atoms with Crippen LogP contribution in [0.1, 0.15) is 19.8 Å². The third-order valence-corrected chi connectivity index (χ3v) is 2.95. The van der Waals surface area contributed by atoms with Crippen LogP contribution in [0.4, 0.5) is 0 Å². The molecule has 1 aliphatic heterocycles. The lowest BCUT2D eigenvalue weighted by atomic mass is 10.2. The van der Waals surface area contributed by atoms with E-state index in [0.717, 1.165) is 6.42 Å². The molecule has 1 saturated heterocycles. The van der Waals surface area contributed by atoms with E-state index in [-0.39, 0.29) is 18.1 Å². The quantitative estimate of drug-likeness (QED) is 0.721. The fraction of sp³-hybridized carbons (Fsp3) is 0.909. The van der Waals surface area contributed by atoms with Gasteiger partial charge in [-0.1, -0.05) is 6.92 Å². The van der Waals surface area contributed by atoms with Gasteiger partial charge in [-0.05, 0) is 6.42 Å². The molecule has 1 aliphatic rings. The van der Waals surface area contributed by atoms with Crippen molar-refractivity contribution in [3.8, 4) is 0 Å².